The van der Waals surface area contributed by atoms with Crippen LogP contribution in [0.3, 0.4) is 0 Å². The minimum atomic E-state index is 0.594. The van der Waals surface area contributed by atoms with Crippen LogP contribution in [0.1, 0.15) is 11.1 Å². The molecule has 0 amide bonds. The van der Waals surface area contributed by atoms with Gasteiger partial charge in [-0.2, -0.15) is 10.5 Å². The SMILES string of the molecule is N#Cc1ccc(Nc2ccccc2C#N)cc1. The molecule has 0 aliphatic rings. The third-order valence-corrected chi connectivity index (χ3v) is 2.34. The molecule has 2 aromatic rings. The van der Waals surface area contributed by atoms with Crippen LogP contribution in [0, 0.1) is 22.7 Å². The smallest absolute Gasteiger partial charge is 0.101 e. The van der Waals surface area contributed by atoms with Crippen LogP contribution in [-0.4, -0.2) is 0 Å². The number of hydrogen-bond acceptors (Lipinski definition) is 3. The van der Waals surface area contributed by atoms with E-state index in [0.29, 0.717) is 11.1 Å². The van der Waals surface area contributed by atoms with Gasteiger partial charge in [0.1, 0.15) is 6.07 Å². The zero-order valence-corrected chi connectivity index (χ0v) is 9.01. The molecule has 17 heavy (non-hydrogen) atoms. The number of nitrogens with zero attached hydrogens (tertiary/aromatic N) is 2. The van der Waals surface area contributed by atoms with Gasteiger partial charge >= 0.3 is 0 Å². The van der Waals surface area contributed by atoms with Crippen molar-refractivity contribution in [2.75, 3.05) is 5.32 Å². The summed E-state index contributed by atoms with van der Waals surface area (Å²) in [6.07, 6.45) is 0. The van der Waals surface area contributed by atoms with Crippen LogP contribution >= 0.6 is 0 Å². The average molecular weight is 219 g/mol. The molecule has 80 valence electrons. The van der Waals surface area contributed by atoms with Gasteiger partial charge in [-0.05, 0) is 36.4 Å². The van der Waals surface area contributed by atoms with Crippen molar-refractivity contribution >= 4 is 11.4 Å². The Morgan fingerprint density at radius 1 is 0.824 bits per heavy atom. The van der Waals surface area contributed by atoms with E-state index in [-0.39, 0.29) is 0 Å². The molecule has 0 saturated heterocycles. The molecule has 0 unspecified atom stereocenters. The normalized spacial score (nSPS) is 9.06. The summed E-state index contributed by atoms with van der Waals surface area (Å²) in [6.45, 7) is 0. The molecule has 0 fully saturated rings. The second-order valence-corrected chi connectivity index (χ2v) is 3.47. The predicted molar refractivity (Wildman–Crippen MR) is 65.6 cm³/mol. The molecule has 0 heterocycles. The number of nitriles is 2. The molecule has 2 rings (SSSR count). The third-order valence-electron chi connectivity index (χ3n) is 2.34. The molecule has 0 saturated carbocycles. The van der Waals surface area contributed by atoms with E-state index >= 15 is 0 Å². The fourth-order valence-electron chi connectivity index (χ4n) is 1.47. The summed E-state index contributed by atoms with van der Waals surface area (Å²) in [5, 5.41) is 20.8. The van der Waals surface area contributed by atoms with E-state index in [2.05, 4.69) is 17.5 Å². The lowest BCUT2D eigenvalue weighted by Gasteiger charge is -2.07. The predicted octanol–water partition coefficient (Wildman–Crippen LogP) is 3.17. The summed E-state index contributed by atoms with van der Waals surface area (Å²) < 4.78 is 0. The van der Waals surface area contributed by atoms with Crippen LogP contribution in [0.2, 0.25) is 0 Å². The Balaban J connectivity index is 2.26. The van der Waals surface area contributed by atoms with Crippen LogP contribution in [0.4, 0.5) is 11.4 Å². The Bertz CT molecular complexity index is 601. The Labute approximate surface area is 99.6 Å². The van der Waals surface area contributed by atoms with Crippen molar-refractivity contribution in [1.29, 1.82) is 10.5 Å². The molecule has 3 heteroatoms. The summed E-state index contributed by atoms with van der Waals surface area (Å²) in [6, 6.07) is 18.6. The maximum Gasteiger partial charge on any atom is 0.101 e. The fraction of sp³-hybridized carbons (Fsp3) is 0. The second-order valence-electron chi connectivity index (χ2n) is 3.47. The number of anilines is 2. The van der Waals surface area contributed by atoms with Gasteiger partial charge in [0.05, 0.1) is 22.9 Å². The lowest BCUT2D eigenvalue weighted by Crippen LogP contribution is -1.93. The Morgan fingerprint density at radius 3 is 2.18 bits per heavy atom. The molecule has 2 aromatic carbocycles. The van der Waals surface area contributed by atoms with Crippen molar-refractivity contribution in [2.24, 2.45) is 0 Å². The van der Waals surface area contributed by atoms with Crippen LogP contribution in [0.15, 0.2) is 48.5 Å². The number of nitrogens with one attached hydrogen (secondary N) is 1. The third kappa shape index (κ3) is 2.42. The van der Waals surface area contributed by atoms with Gasteiger partial charge in [0, 0.05) is 5.69 Å². The molecule has 0 radical (unpaired) electrons. The zero-order chi connectivity index (χ0) is 12.1. The van der Waals surface area contributed by atoms with Crippen molar-refractivity contribution in [3.8, 4) is 12.1 Å². The highest BCUT2D eigenvalue weighted by Crippen LogP contribution is 2.20. The maximum absolute atomic E-state index is 8.95. The summed E-state index contributed by atoms with van der Waals surface area (Å²) in [4.78, 5) is 0. The van der Waals surface area contributed by atoms with Crippen molar-refractivity contribution < 1.29 is 0 Å². The van der Waals surface area contributed by atoms with E-state index in [1.807, 2.05) is 30.3 Å². The lowest BCUT2D eigenvalue weighted by molar-refractivity contribution is 1.45. The minimum absolute atomic E-state index is 0.594. The van der Waals surface area contributed by atoms with Crippen molar-refractivity contribution in [1.82, 2.24) is 0 Å². The maximum atomic E-state index is 8.95. The van der Waals surface area contributed by atoms with Gasteiger partial charge in [-0.25, -0.2) is 0 Å². The van der Waals surface area contributed by atoms with Crippen molar-refractivity contribution in [3.05, 3.63) is 59.7 Å². The second kappa shape index (κ2) is 4.83. The first-order valence-corrected chi connectivity index (χ1v) is 5.10. The first kappa shape index (κ1) is 10.7. The largest absolute Gasteiger partial charge is 0.354 e. The molecule has 3 nitrogen and oxygen atoms in total. The number of rotatable bonds is 2. The first-order chi connectivity index (χ1) is 8.33. The van der Waals surface area contributed by atoms with Crippen LogP contribution in [-0.2, 0) is 0 Å². The van der Waals surface area contributed by atoms with E-state index in [1.165, 1.54) is 0 Å². The minimum Gasteiger partial charge on any atom is -0.354 e. The molecule has 1 N–H and O–H groups in total. The molecule has 0 atom stereocenters. The topological polar surface area (TPSA) is 59.6 Å². The lowest BCUT2D eigenvalue weighted by atomic mass is 10.1. The standard InChI is InChI=1S/C14H9N3/c15-9-11-5-7-13(8-6-11)17-14-4-2-1-3-12(14)10-16/h1-8,17H. The van der Waals surface area contributed by atoms with E-state index in [9.17, 15) is 0 Å². The van der Waals surface area contributed by atoms with E-state index in [1.54, 1.807) is 18.2 Å². The van der Waals surface area contributed by atoms with Gasteiger partial charge < -0.3 is 5.32 Å². The highest BCUT2D eigenvalue weighted by Gasteiger charge is 2.00. The van der Waals surface area contributed by atoms with Gasteiger partial charge in [0.15, 0.2) is 0 Å². The number of benzene rings is 2. The van der Waals surface area contributed by atoms with E-state index in [4.69, 9.17) is 10.5 Å². The van der Waals surface area contributed by atoms with Gasteiger partial charge in [-0.15, -0.1) is 0 Å². The van der Waals surface area contributed by atoms with Gasteiger partial charge in [0.25, 0.3) is 0 Å². The summed E-state index contributed by atoms with van der Waals surface area (Å²) >= 11 is 0. The summed E-state index contributed by atoms with van der Waals surface area (Å²) in [7, 11) is 0. The summed E-state index contributed by atoms with van der Waals surface area (Å²) in [5.41, 5.74) is 2.83. The molecule has 0 aliphatic carbocycles. The molecule has 0 aromatic heterocycles. The van der Waals surface area contributed by atoms with Crippen molar-refractivity contribution in [3.63, 3.8) is 0 Å². The highest BCUT2D eigenvalue weighted by molar-refractivity contribution is 5.66. The molecule has 0 spiro atoms. The quantitative estimate of drug-likeness (QED) is 0.843. The highest BCUT2D eigenvalue weighted by atomic mass is 14.9. The Morgan fingerprint density at radius 2 is 1.53 bits per heavy atom. The zero-order valence-electron chi connectivity index (χ0n) is 9.01. The van der Waals surface area contributed by atoms with Crippen LogP contribution < -0.4 is 5.32 Å². The fourth-order valence-corrected chi connectivity index (χ4v) is 1.47. The number of para-hydroxylation sites is 1. The summed E-state index contributed by atoms with van der Waals surface area (Å²) in [5.74, 6) is 0. The average Bonchev–Trinajstić information content (AvgIpc) is 2.40. The Hall–Kier alpha value is -2.78. The van der Waals surface area contributed by atoms with E-state index < -0.39 is 0 Å². The molecule has 0 bridgehead atoms. The van der Waals surface area contributed by atoms with Crippen LogP contribution in [0.5, 0.6) is 0 Å². The van der Waals surface area contributed by atoms with E-state index in [0.717, 1.165) is 11.4 Å². The molecular weight excluding hydrogens is 210 g/mol. The van der Waals surface area contributed by atoms with Gasteiger partial charge in [-0.1, -0.05) is 12.1 Å². The Kier molecular flexibility index (Phi) is 3.05. The van der Waals surface area contributed by atoms with Gasteiger partial charge in [-0.3, -0.25) is 0 Å². The monoisotopic (exact) mass is 219 g/mol. The van der Waals surface area contributed by atoms with Gasteiger partial charge in [0.2, 0.25) is 0 Å². The van der Waals surface area contributed by atoms with Crippen molar-refractivity contribution in [2.45, 2.75) is 0 Å². The van der Waals surface area contributed by atoms with Crippen LogP contribution in [0.25, 0.3) is 0 Å². The first-order valence-electron chi connectivity index (χ1n) is 5.10. The molecular formula is C14H9N3. The molecule has 0 aliphatic heterocycles. The number of hydrogen-bond donors (Lipinski definition) is 1.